The van der Waals surface area contributed by atoms with E-state index in [0.717, 1.165) is 38.0 Å². The Labute approximate surface area is 187 Å². The molecule has 3 aromatic carbocycles. The van der Waals surface area contributed by atoms with Crippen molar-refractivity contribution < 1.29 is 4.74 Å². The molecule has 2 aliphatic heterocycles. The number of halogens is 2. The summed E-state index contributed by atoms with van der Waals surface area (Å²) in [7, 11) is 0. The van der Waals surface area contributed by atoms with Crippen LogP contribution in [0, 0.1) is 13.8 Å². The van der Waals surface area contributed by atoms with Crippen LogP contribution in [-0.2, 0) is 0 Å². The lowest BCUT2D eigenvalue weighted by molar-refractivity contribution is -0.0197. The summed E-state index contributed by atoms with van der Waals surface area (Å²) in [5.74, 6) is 0.903. The summed E-state index contributed by atoms with van der Waals surface area (Å²) < 4.78 is 8.50. The van der Waals surface area contributed by atoms with E-state index in [1.165, 1.54) is 16.7 Å². The maximum atomic E-state index is 6.51. The monoisotopic (exact) mass is 510 g/mol. The quantitative estimate of drug-likeness (QED) is 0.367. The Bertz CT molecular complexity index is 1110. The second-order valence-electron chi connectivity index (χ2n) is 7.70. The first kappa shape index (κ1) is 18.9. The number of nitrogens with zero attached hydrogens (tertiary/aromatic N) is 2. The second-order valence-corrected chi connectivity index (χ2v) is 9.47. The Kier molecular flexibility index (Phi) is 4.75. The zero-order chi connectivity index (χ0) is 20.1. The van der Waals surface area contributed by atoms with E-state index in [1.54, 1.807) is 0 Å². The van der Waals surface area contributed by atoms with Gasteiger partial charge in [-0.05, 0) is 47.5 Å². The number of fused-ring (bicyclic) bond motifs is 3. The largest absolute Gasteiger partial charge is 0.463 e. The minimum atomic E-state index is -0.256. The summed E-state index contributed by atoms with van der Waals surface area (Å²) in [6, 6.07) is 21.4. The lowest BCUT2D eigenvalue weighted by atomic mass is 9.95. The van der Waals surface area contributed by atoms with Crippen molar-refractivity contribution in [3.8, 4) is 5.75 Å². The summed E-state index contributed by atoms with van der Waals surface area (Å²) in [5.41, 5.74) is 7.01. The van der Waals surface area contributed by atoms with Gasteiger partial charge in [-0.25, -0.2) is 5.01 Å². The average Bonchev–Trinajstić information content (AvgIpc) is 3.14. The third-order valence-electron chi connectivity index (χ3n) is 5.56. The number of hydrazone groups is 1. The van der Waals surface area contributed by atoms with Crippen molar-refractivity contribution >= 4 is 37.6 Å². The van der Waals surface area contributed by atoms with Gasteiger partial charge in [-0.2, -0.15) is 5.10 Å². The lowest BCUT2D eigenvalue weighted by Crippen LogP contribution is -2.33. The van der Waals surface area contributed by atoms with Gasteiger partial charge in [0.2, 0.25) is 6.23 Å². The third kappa shape index (κ3) is 3.40. The molecule has 0 N–H and O–H groups in total. The van der Waals surface area contributed by atoms with E-state index in [2.05, 4.69) is 105 Å². The van der Waals surface area contributed by atoms with Crippen LogP contribution in [0.2, 0.25) is 0 Å². The van der Waals surface area contributed by atoms with Gasteiger partial charge >= 0.3 is 0 Å². The molecule has 3 aromatic rings. The highest BCUT2D eigenvalue weighted by atomic mass is 79.9. The molecule has 0 spiro atoms. The van der Waals surface area contributed by atoms with Gasteiger partial charge < -0.3 is 4.74 Å². The highest BCUT2D eigenvalue weighted by Gasteiger charge is 2.41. The minimum Gasteiger partial charge on any atom is -0.463 e. The molecule has 0 saturated carbocycles. The molecule has 0 aromatic heterocycles. The Morgan fingerprint density at radius 2 is 1.59 bits per heavy atom. The average molecular weight is 512 g/mol. The fourth-order valence-electron chi connectivity index (χ4n) is 3.99. The first-order valence-electron chi connectivity index (χ1n) is 9.64. The second kappa shape index (κ2) is 7.29. The van der Waals surface area contributed by atoms with Crippen LogP contribution in [0.5, 0.6) is 5.75 Å². The van der Waals surface area contributed by atoms with E-state index in [0.29, 0.717) is 0 Å². The van der Waals surface area contributed by atoms with E-state index >= 15 is 0 Å². The van der Waals surface area contributed by atoms with Crippen LogP contribution in [0.15, 0.2) is 74.7 Å². The summed E-state index contributed by atoms with van der Waals surface area (Å²) in [6.45, 7) is 4.21. The van der Waals surface area contributed by atoms with Crippen molar-refractivity contribution in [2.45, 2.75) is 32.5 Å². The topological polar surface area (TPSA) is 24.8 Å². The molecule has 2 aliphatic rings. The zero-order valence-corrected chi connectivity index (χ0v) is 19.4. The van der Waals surface area contributed by atoms with E-state index in [9.17, 15) is 0 Å². The molecule has 2 atom stereocenters. The van der Waals surface area contributed by atoms with E-state index in [4.69, 9.17) is 9.84 Å². The third-order valence-corrected chi connectivity index (χ3v) is 6.60. The van der Waals surface area contributed by atoms with E-state index in [-0.39, 0.29) is 12.3 Å². The fraction of sp³-hybridized carbons (Fsp3) is 0.208. The van der Waals surface area contributed by atoms with Gasteiger partial charge in [0.1, 0.15) is 5.75 Å². The number of hydrogen-bond acceptors (Lipinski definition) is 3. The van der Waals surface area contributed by atoms with Gasteiger partial charge in [0, 0.05) is 22.0 Å². The Hall–Kier alpha value is -2.11. The first-order chi connectivity index (χ1) is 14.0. The zero-order valence-electron chi connectivity index (χ0n) is 16.2. The number of benzene rings is 3. The van der Waals surface area contributed by atoms with E-state index < -0.39 is 0 Å². The van der Waals surface area contributed by atoms with Crippen LogP contribution >= 0.6 is 31.9 Å². The van der Waals surface area contributed by atoms with Crippen LogP contribution in [-0.4, -0.2) is 10.7 Å². The standard InChI is InChI=1S/C24H20Br2N2O/c1-14-3-7-16(8-4-14)21-13-22-19-11-18(25)12-20(26)23(19)29-24(28(22)27-21)17-9-5-15(2)6-10-17/h3-12,22,24H,13H2,1-2H3. The molecule has 0 aliphatic carbocycles. The van der Waals surface area contributed by atoms with E-state index in [1.807, 2.05) is 6.07 Å². The molecule has 0 amide bonds. The van der Waals surface area contributed by atoms with Gasteiger partial charge in [-0.1, -0.05) is 75.6 Å². The molecule has 29 heavy (non-hydrogen) atoms. The Balaban J connectivity index is 1.62. The van der Waals surface area contributed by atoms with Gasteiger partial charge in [0.25, 0.3) is 0 Å². The molecule has 2 unspecified atom stereocenters. The number of rotatable bonds is 2. The smallest absolute Gasteiger partial charge is 0.213 e. The number of aryl methyl sites for hydroxylation is 2. The van der Waals surface area contributed by atoms with Crippen LogP contribution in [0.4, 0.5) is 0 Å². The summed E-state index contributed by atoms with van der Waals surface area (Å²) in [6.07, 6.45) is 0.596. The molecule has 0 bridgehead atoms. The fourth-order valence-corrected chi connectivity index (χ4v) is 5.34. The van der Waals surface area contributed by atoms with Crippen molar-refractivity contribution in [3.63, 3.8) is 0 Å². The lowest BCUT2D eigenvalue weighted by Gasteiger charge is -2.38. The van der Waals surface area contributed by atoms with Crippen molar-refractivity contribution in [1.82, 2.24) is 5.01 Å². The number of ether oxygens (including phenoxy) is 1. The Morgan fingerprint density at radius 3 is 2.28 bits per heavy atom. The summed E-state index contributed by atoms with van der Waals surface area (Å²) in [4.78, 5) is 0. The molecule has 3 nitrogen and oxygen atoms in total. The molecule has 0 saturated heterocycles. The van der Waals surface area contributed by atoms with Gasteiger partial charge in [-0.15, -0.1) is 0 Å². The first-order valence-corrected chi connectivity index (χ1v) is 11.2. The van der Waals surface area contributed by atoms with Gasteiger partial charge in [0.05, 0.1) is 16.2 Å². The van der Waals surface area contributed by atoms with Crippen molar-refractivity contribution in [2.24, 2.45) is 5.10 Å². The molecule has 5 heteroatoms. The molecule has 0 fully saturated rings. The van der Waals surface area contributed by atoms with Crippen molar-refractivity contribution in [1.29, 1.82) is 0 Å². The van der Waals surface area contributed by atoms with Crippen LogP contribution in [0.3, 0.4) is 0 Å². The van der Waals surface area contributed by atoms with Crippen LogP contribution in [0.1, 0.15) is 46.5 Å². The van der Waals surface area contributed by atoms with Gasteiger partial charge in [0.15, 0.2) is 0 Å². The summed E-state index contributed by atoms with van der Waals surface area (Å²) in [5, 5.41) is 7.17. The Morgan fingerprint density at radius 1 is 0.931 bits per heavy atom. The predicted octanol–water partition coefficient (Wildman–Crippen LogP) is 7.07. The molecular formula is C24H20Br2N2O. The highest BCUT2D eigenvalue weighted by Crippen LogP contribution is 2.50. The maximum absolute atomic E-state index is 6.51. The van der Waals surface area contributed by atoms with Crippen LogP contribution in [0.25, 0.3) is 0 Å². The predicted molar refractivity (Wildman–Crippen MR) is 123 cm³/mol. The SMILES string of the molecule is Cc1ccc(C2=NN3C(C2)c2cc(Br)cc(Br)c2OC3c2ccc(C)cc2)cc1. The van der Waals surface area contributed by atoms with Crippen LogP contribution < -0.4 is 4.74 Å². The van der Waals surface area contributed by atoms with Gasteiger partial charge in [-0.3, -0.25) is 0 Å². The number of hydrogen-bond donors (Lipinski definition) is 0. The highest BCUT2D eigenvalue weighted by molar-refractivity contribution is 9.11. The molecule has 0 radical (unpaired) electrons. The minimum absolute atomic E-state index is 0.134. The summed E-state index contributed by atoms with van der Waals surface area (Å²) >= 11 is 7.33. The molecule has 2 heterocycles. The molecule has 146 valence electrons. The maximum Gasteiger partial charge on any atom is 0.213 e. The van der Waals surface area contributed by atoms with Crippen molar-refractivity contribution in [3.05, 3.63) is 97.4 Å². The van der Waals surface area contributed by atoms with Crippen molar-refractivity contribution in [2.75, 3.05) is 0 Å². The molecule has 5 rings (SSSR count). The normalized spacial score (nSPS) is 20.0. The molecular weight excluding hydrogens is 492 g/mol.